The van der Waals surface area contributed by atoms with Crippen LogP contribution in [-0.4, -0.2) is 19.4 Å². The van der Waals surface area contributed by atoms with E-state index in [1.807, 2.05) is 18.8 Å². The van der Waals surface area contributed by atoms with E-state index in [4.69, 9.17) is 4.74 Å². The zero-order valence-corrected chi connectivity index (χ0v) is 14.3. The normalized spacial score (nSPS) is 14.6. The third-order valence-electron chi connectivity index (χ3n) is 3.68. The maximum Gasteiger partial charge on any atom is 0.122 e. The van der Waals surface area contributed by atoms with Crippen molar-refractivity contribution in [1.29, 1.82) is 0 Å². The van der Waals surface area contributed by atoms with E-state index in [-0.39, 0.29) is 0 Å². The van der Waals surface area contributed by atoms with Gasteiger partial charge in [0.1, 0.15) is 5.75 Å². The number of fused-ring (bicyclic) bond motifs is 1. The Hall–Kier alpha value is -0.970. The van der Waals surface area contributed by atoms with Gasteiger partial charge in [-0.25, -0.2) is 0 Å². The molecule has 1 aliphatic rings. The van der Waals surface area contributed by atoms with Gasteiger partial charge < -0.3 is 10.1 Å². The summed E-state index contributed by atoms with van der Waals surface area (Å²) in [5.41, 5.74) is 2.67. The summed E-state index contributed by atoms with van der Waals surface area (Å²) in [6, 6.07) is 15.4. The van der Waals surface area contributed by atoms with Crippen molar-refractivity contribution in [2.24, 2.45) is 0 Å². The highest BCUT2D eigenvalue weighted by atomic mass is 79.9. The molecule has 1 N–H and O–H groups in total. The average molecular weight is 364 g/mol. The van der Waals surface area contributed by atoms with E-state index in [9.17, 15) is 0 Å². The summed E-state index contributed by atoms with van der Waals surface area (Å²) in [5, 5.41) is 3.42. The lowest BCUT2D eigenvalue weighted by molar-refractivity contribution is 0.357. The van der Waals surface area contributed by atoms with Crippen LogP contribution in [0.3, 0.4) is 0 Å². The first-order valence-electron chi connectivity index (χ1n) is 7.07. The molecule has 0 radical (unpaired) electrons. The molecule has 0 bridgehead atoms. The van der Waals surface area contributed by atoms with Gasteiger partial charge in [-0.15, -0.1) is 11.8 Å². The van der Waals surface area contributed by atoms with Gasteiger partial charge in [0.25, 0.3) is 0 Å². The molecule has 1 atom stereocenters. The Kier molecular flexibility index (Phi) is 4.88. The molecule has 2 aromatic rings. The van der Waals surface area contributed by atoms with Crippen LogP contribution in [0.2, 0.25) is 0 Å². The third-order valence-corrected chi connectivity index (χ3v) is 5.26. The Labute approximate surface area is 138 Å². The number of hydrogen-bond acceptors (Lipinski definition) is 3. The molecule has 3 rings (SSSR count). The van der Waals surface area contributed by atoms with Gasteiger partial charge in [0.05, 0.1) is 6.61 Å². The second-order valence-corrected chi connectivity index (χ2v) is 7.08. The first-order valence-corrected chi connectivity index (χ1v) is 8.85. The highest BCUT2D eigenvalue weighted by molar-refractivity contribution is 9.10. The van der Waals surface area contributed by atoms with Gasteiger partial charge in [0.15, 0.2) is 0 Å². The number of halogens is 1. The number of nitrogens with one attached hydrogen (secondary N) is 1. The lowest BCUT2D eigenvalue weighted by Gasteiger charge is -2.17. The molecule has 0 saturated heterocycles. The van der Waals surface area contributed by atoms with Gasteiger partial charge in [0.2, 0.25) is 0 Å². The lowest BCUT2D eigenvalue weighted by atomic mass is 10.0. The fraction of sp³-hybridized carbons (Fsp3) is 0.294. The van der Waals surface area contributed by atoms with Crippen molar-refractivity contribution >= 4 is 27.7 Å². The van der Waals surface area contributed by atoms with Crippen LogP contribution in [0.4, 0.5) is 0 Å². The minimum absolute atomic E-state index is 0.347. The molecule has 2 nitrogen and oxygen atoms in total. The molecule has 1 unspecified atom stereocenters. The molecule has 0 fully saturated rings. The first-order chi connectivity index (χ1) is 10.3. The molecule has 1 heterocycles. The van der Waals surface area contributed by atoms with Gasteiger partial charge in [-0.1, -0.05) is 34.1 Å². The Morgan fingerprint density at radius 1 is 1.29 bits per heavy atom. The predicted octanol–water partition coefficient (Wildman–Crippen LogP) is 4.44. The van der Waals surface area contributed by atoms with E-state index in [0.29, 0.717) is 6.04 Å². The fourth-order valence-corrected chi connectivity index (χ4v) is 4.16. The summed E-state index contributed by atoms with van der Waals surface area (Å²) in [4.78, 5) is 1.29. The van der Waals surface area contributed by atoms with Crippen molar-refractivity contribution in [3.8, 4) is 5.75 Å². The van der Waals surface area contributed by atoms with Crippen LogP contribution in [0.15, 0.2) is 51.8 Å². The summed E-state index contributed by atoms with van der Waals surface area (Å²) in [7, 11) is 2.02. The maximum absolute atomic E-state index is 5.58. The minimum Gasteiger partial charge on any atom is -0.493 e. The molecule has 0 aliphatic carbocycles. The maximum atomic E-state index is 5.58. The second kappa shape index (κ2) is 6.86. The van der Waals surface area contributed by atoms with Crippen LogP contribution >= 0.6 is 27.7 Å². The first kappa shape index (κ1) is 14.9. The van der Waals surface area contributed by atoms with E-state index < -0.39 is 0 Å². The van der Waals surface area contributed by atoms with Crippen LogP contribution < -0.4 is 10.1 Å². The molecule has 1 aliphatic heterocycles. The Morgan fingerprint density at radius 3 is 3.00 bits per heavy atom. The van der Waals surface area contributed by atoms with E-state index in [2.05, 4.69) is 63.7 Å². The number of rotatable bonds is 5. The highest BCUT2D eigenvalue weighted by Gasteiger charge is 2.16. The Balaban J connectivity index is 1.70. The highest BCUT2D eigenvalue weighted by Crippen LogP contribution is 2.31. The predicted molar refractivity (Wildman–Crippen MR) is 92.3 cm³/mol. The fourth-order valence-electron chi connectivity index (χ4n) is 2.51. The van der Waals surface area contributed by atoms with Gasteiger partial charge in [-0.3, -0.25) is 0 Å². The van der Waals surface area contributed by atoms with Gasteiger partial charge in [-0.05, 0) is 42.4 Å². The topological polar surface area (TPSA) is 21.3 Å². The molecule has 0 spiro atoms. The summed E-state index contributed by atoms with van der Waals surface area (Å²) in [5.74, 6) is 2.06. The quantitative estimate of drug-likeness (QED) is 0.793. The van der Waals surface area contributed by atoms with E-state index in [1.165, 1.54) is 16.0 Å². The average Bonchev–Trinajstić information content (AvgIpc) is 2.95. The summed E-state index contributed by atoms with van der Waals surface area (Å²) in [6.45, 7) is 0.815. The van der Waals surface area contributed by atoms with E-state index >= 15 is 0 Å². The van der Waals surface area contributed by atoms with Gasteiger partial charge in [-0.2, -0.15) is 0 Å². The second-order valence-electron chi connectivity index (χ2n) is 5.08. The SMILES string of the molecule is CNC(CSc1cccc(Br)c1)c1ccc2c(c1)CCO2. The zero-order chi connectivity index (χ0) is 14.7. The molecule has 0 saturated carbocycles. The molecule has 0 amide bonds. The Bertz CT molecular complexity index is 632. The summed E-state index contributed by atoms with van der Waals surface area (Å²) in [6.07, 6.45) is 1.03. The number of thioether (sulfide) groups is 1. The monoisotopic (exact) mass is 363 g/mol. The van der Waals surface area contributed by atoms with Crippen LogP contribution in [0.5, 0.6) is 5.75 Å². The van der Waals surface area contributed by atoms with Crippen LogP contribution in [0.25, 0.3) is 0 Å². The molecule has 110 valence electrons. The van der Waals surface area contributed by atoms with E-state index in [0.717, 1.165) is 29.0 Å². The van der Waals surface area contributed by atoms with Gasteiger partial charge in [0, 0.05) is 27.6 Å². The lowest BCUT2D eigenvalue weighted by Crippen LogP contribution is -2.18. The smallest absolute Gasteiger partial charge is 0.122 e. The molecular formula is C17H18BrNOS. The largest absolute Gasteiger partial charge is 0.493 e. The number of ether oxygens (including phenoxy) is 1. The van der Waals surface area contributed by atoms with Crippen LogP contribution in [-0.2, 0) is 6.42 Å². The van der Waals surface area contributed by atoms with Crippen molar-refractivity contribution in [1.82, 2.24) is 5.32 Å². The van der Waals surface area contributed by atoms with Crippen molar-refractivity contribution in [2.75, 3.05) is 19.4 Å². The summed E-state index contributed by atoms with van der Waals surface area (Å²) < 4.78 is 6.71. The van der Waals surface area contributed by atoms with Crippen molar-refractivity contribution in [3.05, 3.63) is 58.1 Å². The molecular weight excluding hydrogens is 346 g/mol. The number of hydrogen-bond donors (Lipinski definition) is 1. The minimum atomic E-state index is 0.347. The molecule has 21 heavy (non-hydrogen) atoms. The van der Waals surface area contributed by atoms with Crippen molar-refractivity contribution in [2.45, 2.75) is 17.4 Å². The number of benzene rings is 2. The van der Waals surface area contributed by atoms with Crippen molar-refractivity contribution in [3.63, 3.8) is 0 Å². The third kappa shape index (κ3) is 3.62. The zero-order valence-electron chi connectivity index (χ0n) is 11.9. The molecule has 2 aromatic carbocycles. The summed E-state index contributed by atoms with van der Waals surface area (Å²) >= 11 is 5.39. The molecule has 4 heteroatoms. The Morgan fingerprint density at radius 2 is 2.19 bits per heavy atom. The van der Waals surface area contributed by atoms with Crippen LogP contribution in [0, 0.1) is 0 Å². The van der Waals surface area contributed by atoms with Crippen molar-refractivity contribution < 1.29 is 4.74 Å². The molecule has 0 aromatic heterocycles. The van der Waals surface area contributed by atoms with Gasteiger partial charge >= 0.3 is 0 Å². The standard InChI is InChI=1S/C17H18BrNOS/c1-19-16(11-21-15-4-2-3-14(18)10-15)12-5-6-17-13(9-12)7-8-20-17/h2-6,9-10,16,19H,7-8,11H2,1H3. The van der Waals surface area contributed by atoms with E-state index in [1.54, 1.807) is 0 Å². The van der Waals surface area contributed by atoms with Crippen LogP contribution in [0.1, 0.15) is 17.2 Å².